The molecule has 1 aromatic heterocycles. The molecule has 2 N–H and O–H groups in total. The average molecular weight is 311 g/mol. The predicted octanol–water partition coefficient (Wildman–Crippen LogP) is 3.34. The highest BCUT2D eigenvalue weighted by Crippen LogP contribution is 2.30. The van der Waals surface area contributed by atoms with E-state index in [-0.39, 0.29) is 27.0 Å². The molecule has 1 heterocycles. The van der Waals surface area contributed by atoms with Crippen LogP contribution in [-0.2, 0) is 0 Å². The average Bonchev–Trinajstić information content (AvgIpc) is 2.42. The minimum absolute atomic E-state index is 0.0146. The van der Waals surface area contributed by atoms with E-state index >= 15 is 0 Å². The first-order chi connectivity index (χ1) is 9.49. The Morgan fingerprint density at radius 3 is 2.55 bits per heavy atom. The Balaban J connectivity index is 2.39. The number of hydrogen-bond acceptors (Lipinski definition) is 3. The van der Waals surface area contributed by atoms with Crippen molar-refractivity contribution in [2.45, 2.75) is 0 Å². The van der Waals surface area contributed by atoms with E-state index in [9.17, 15) is 9.59 Å². The summed E-state index contributed by atoms with van der Waals surface area (Å²) in [5.74, 6) is -1.80. The lowest BCUT2D eigenvalue weighted by molar-refractivity contribution is 0.0698. The quantitative estimate of drug-likeness (QED) is 0.911. The molecule has 0 aliphatic heterocycles. The molecule has 20 heavy (non-hydrogen) atoms. The number of benzene rings is 1. The lowest BCUT2D eigenvalue weighted by Crippen LogP contribution is -2.16. The first-order valence-corrected chi connectivity index (χ1v) is 6.19. The largest absolute Gasteiger partial charge is 0.478 e. The summed E-state index contributed by atoms with van der Waals surface area (Å²) in [6, 6.07) is 7.37. The second-order valence-electron chi connectivity index (χ2n) is 3.78. The molecule has 0 saturated carbocycles. The van der Waals surface area contributed by atoms with Crippen LogP contribution in [0.15, 0.2) is 36.5 Å². The van der Waals surface area contributed by atoms with Crippen molar-refractivity contribution in [1.29, 1.82) is 0 Å². The standard InChI is InChI=1S/C13H8Cl2N2O3/c14-7-5-8(13(19)20)11(9(15)6-7)17-12(18)10-3-1-2-4-16-10/h1-6H,(H,17,18)(H,19,20). The van der Waals surface area contributed by atoms with Crippen LogP contribution in [0.25, 0.3) is 0 Å². The Morgan fingerprint density at radius 1 is 1.20 bits per heavy atom. The maximum Gasteiger partial charge on any atom is 0.337 e. The van der Waals surface area contributed by atoms with Crippen molar-refractivity contribution >= 4 is 40.8 Å². The summed E-state index contributed by atoms with van der Waals surface area (Å²) >= 11 is 11.7. The zero-order valence-electron chi connectivity index (χ0n) is 9.93. The van der Waals surface area contributed by atoms with Gasteiger partial charge in [-0.25, -0.2) is 4.79 Å². The Morgan fingerprint density at radius 2 is 1.95 bits per heavy atom. The number of halogens is 2. The van der Waals surface area contributed by atoms with Gasteiger partial charge in [-0.2, -0.15) is 0 Å². The summed E-state index contributed by atoms with van der Waals surface area (Å²) < 4.78 is 0. The van der Waals surface area contributed by atoms with E-state index in [1.54, 1.807) is 12.1 Å². The Kier molecular flexibility index (Phi) is 4.22. The number of nitrogens with one attached hydrogen (secondary N) is 1. The van der Waals surface area contributed by atoms with Crippen molar-refractivity contribution in [2.24, 2.45) is 0 Å². The van der Waals surface area contributed by atoms with Crippen molar-refractivity contribution < 1.29 is 14.7 Å². The number of rotatable bonds is 3. The van der Waals surface area contributed by atoms with E-state index in [4.69, 9.17) is 28.3 Å². The van der Waals surface area contributed by atoms with Crippen LogP contribution in [0.4, 0.5) is 5.69 Å². The maximum absolute atomic E-state index is 12.0. The molecule has 0 fully saturated rings. The number of carboxylic acid groups (broad SMARTS) is 1. The molecule has 1 aromatic carbocycles. The van der Waals surface area contributed by atoms with Gasteiger partial charge in [0.15, 0.2) is 0 Å². The van der Waals surface area contributed by atoms with Gasteiger partial charge in [0.1, 0.15) is 5.69 Å². The molecule has 5 nitrogen and oxygen atoms in total. The Bertz CT molecular complexity index is 675. The molecule has 0 aliphatic rings. The molecule has 0 spiro atoms. The van der Waals surface area contributed by atoms with Crippen molar-refractivity contribution in [3.8, 4) is 0 Å². The number of carbonyl (C=O) groups is 2. The lowest BCUT2D eigenvalue weighted by atomic mass is 10.1. The summed E-state index contributed by atoms with van der Waals surface area (Å²) in [6.45, 7) is 0. The van der Waals surface area contributed by atoms with Crippen LogP contribution < -0.4 is 5.32 Å². The number of aromatic carboxylic acids is 1. The summed E-state index contributed by atoms with van der Waals surface area (Å²) in [6.07, 6.45) is 1.45. The first kappa shape index (κ1) is 14.3. The number of amides is 1. The molecular weight excluding hydrogens is 303 g/mol. The molecule has 0 unspecified atom stereocenters. The topological polar surface area (TPSA) is 79.3 Å². The smallest absolute Gasteiger partial charge is 0.337 e. The third-order valence-electron chi connectivity index (χ3n) is 2.42. The van der Waals surface area contributed by atoms with Gasteiger partial charge in [-0.3, -0.25) is 9.78 Å². The van der Waals surface area contributed by atoms with E-state index in [2.05, 4.69) is 10.3 Å². The van der Waals surface area contributed by atoms with Crippen LogP contribution in [0.3, 0.4) is 0 Å². The first-order valence-electron chi connectivity index (χ1n) is 5.44. The van der Waals surface area contributed by atoms with Gasteiger partial charge in [0.2, 0.25) is 0 Å². The van der Waals surface area contributed by atoms with E-state index in [1.165, 1.54) is 24.4 Å². The monoisotopic (exact) mass is 310 g/mol. The summed E-state index contributed by atoms with van der Waals surface area (Å²) in [5.41, 5.74) is -0.0548. The molecular formula is C13H8Cl2N2O3. The molecule has 2 aromatic rings. The fourth-order valence-corrected chi connectivity index (χ4v) is 2.08. The molecule has 102 valence electrons. The van der Waals surface area contributed by atoms with Crippen molar-refractivity contribution in [1.82, 2.24) is 4.98 Å². The highest BCUT2D eigenvalue weighted by Gasteiger charge is 2.18. The van der Waals surface area contributed by atoms with Crippen LogP contribution in [0, 0.1) is 0 Å². The zero-order chi connectivity index (χ0) is 14.7. The van der Waals surface area contributed by atoms with E-state index in [0.717, 1.165) is 0 Å². The maximum atomic E-state index is 12.0. The second-order valence-corrected chi connectivity index (χ2v) is 4.63. The number of hydrogen-bond donors (Lipinski definition) is 2. The predicted molar refractivity (Wildman–Crippen MR) is 75.6 cm³/mol. The SMILES string of the molecule is O=C(Nc1c(Cl)cc(Cl)cc1C(=O)O)c1ccccn1. The summed E-state index contributed by atoms with van der Waals surface area (Å²) in [5, 5.41) is 11.8. The van der Waals surface area contributed by atoms with Gasteiger partial charge in [0, 0.05) is 11.2 Å². The molecule has 0 radical (unpaired) electrons. The fraction of sp³-hybridized carbons (Fsp3) is 0. The lowest BCUT2D eigenvalue weighted by Gasteiger charge is -2.10. The fourth-order valence-electron chi connectivity index (χ4n) is 1.54. The Labute approximate surface area is 124 Å². The molecule has 0 atom stereocenters. The number of pyridine rings is 1. The number of carbonyl (C=O) groups excluding carboxylic acids is 1. The number of aromatic nitrogens is 1. The van der Waals surface area contributed by atoms with E-state index < -0.39 is 11.9 Å². The van der Waals surface area contributed by atoms with Crippen LogP contribution in [0.1, 0.15) is 20.8 Å². The molecule has 0 bridgehead atoms. The van der Waals surface area contributed by atoms with Gasteiger partial charge >= 0.3 is 5.97 Å². The van der Waals surface area contributed by atoms with Crippen LogP contribution in [0.5, 0.6) is 0 Å². The van der Waals surface area contributed by atoms with Gasteiger partial charge in [-0.1, -0.05) is 29.3 Å². The third kappa shape index (κ3) is 3.07. The van der Waals surface area contributed by atoms with Gasteiger partial charge < -0.3 is 10.4 Å². The van der Waals surface area contributed by atoms with Crippen molar-refractivity contribution in [3.63, 3.8) is 0 Å². The highest BCUT2D eigenvalue weighted by atomic mass is 35.5. The van der Waals surface area contributed by atoms with Crippen molar-refractivity contribution in [3.05, 3.63) is 57.8 Å². The summed E-state index contributed by atoms with van der Waals surface area (Å²) in [7, 11) is 0. The van der Waals surface area contributed by atoms with E-state index in [0.29, 0.717) is 0 Å². The minimum atomic E-state index is -1.24. The number of anilines is 1. The van der Waals surface area contributed by atoms with Crippen LogP contribution in [0.2, 0.25) is 10.0 Å². The van der Waals surface area contributed by atoms with Gasteiger partial charge in [0.05, 0.1) is 16.3 Å². The molecule has 7 heteroatoms. The second kappa shape index (κ2) is 5.90. The minimum Gasteiger partial charge on any atom is -0.478 e. The molecule has 2 rings (SSSR count). The molecule has 0 aliphatic carbocycles. The van der Waals surface area contributed by atoms with E-state index in [1.807, 2.05) is 0 Å². The van der Waals surface area contributed by atoms with Gasteiger partial charge in [0.25, 0.3) is 5.91 Å². The normalized spacial score (nSPS) is 10.1. The van der Waals surface area contributed by atoms with Gasteiger partial charge in [-0.05, 0) is 24.3 Å². The van der Waals surface area contributed by atoms with Gasteiger partial charge in [-0.15, -0.1) is 0 Å². The summed E-state index contributed by atoms with van der Waals surface area (Å²) in [4.78, 5) is 27.0. The Hall–Kier alpha value is -2.11. The zero-order valence-corrected chi connectivity index (χ0v) is 11.4. The van der Waals surface area contributed by atoms with Crippen LogP contribution in [-0.4, -0.2) is 22.0 Å². The van der Waals surface area contributed by atoms with Crippen molar-refractivity contribution in [2.75, 3.05) is 5.32 Å². The van der Waals surface area contributed by atoms with Crippen LogP contribution >= 0.6 is 23.2 Å². The highest BCUT2D eigenvalue weighted by molar-refractivity contribution is 6.38. The number of nitrogens with zero attached hydrogens (tertiary/aromatic N) is 1. The third-order valence-corrected chi connectivity index (χ3v) is 2.94. The number of carboxylic acids is 1. The molecule has 0 saturated heterocycles. The molecule has 1 amide bonds.